The molecule has 1 aliphatic rings. The van der Waals surface area contributed by atoms with E-state index >= 15 is 0 Å². The van der Waals surface area contributed by atoms with Crippen molar-refractivity contribution in [1.29, 1.82) is 0 Å². The molecule has 6 nitrogen and oxygen atoms in total. The predicted molar refractivity (Wildman–Crippen MR) is 140 cm³/mol. The van der Waals surface area contributed by atoms with Crippen molar-refractivity contribution in [2.45, 2.75) is 56.6 Å². The Balaban J connectivity index is 1.69. The summed E-state index contributed by atoms with van der Waals surface area (Å²) in [5.41, 5.74) is 6.51. The molecule has 202 valence electrons. The number of aliphatic hydroxyl groups is 1. The number of aliphatic hydroxyl groups excluding tert-OH is 1. The van der Waals surface area contributed by atoms with Crippen LogP contribution in [0, 0.1) is 11.6 Å². The van der Waals surface area contributed by atoms with Crippen LogP contribution in [0.15, 0.2) is 78.9 Å². The molecule has 0 bridgehead atoms. The van der Waals surface area contributed by atoms with Gasteiger partial charge in [0, 0.05) is 12.1 Å². The van der Waals surface area contributed by atoms with Gasteiger partial charge in [-0.2, -0.15) is 0 Å². The van der Waals surface area contributed by atoms with E-state index in [9.17, 15) is 18.7 Å². The van der Waals surface area contributed by atoms with Crippen LogP contribution in [0.25, 0.3) is 0 Å². The smallest absolute Gasteiger partial charge is 0.410 e. The van der Waals surface area contributed by atoms with Crippen LogP contribution in [0.3, 0.4) is 0 Å². The van der Waals surface area contributed by atoms with Crippen LogP contribution in [0.5, 0.6) is 0 Å². The third-order valence-corrected chi connectivity index (χ3v) is 6.63. The highest BCUT2D eigenvalue weighted by Gasteiger charge is 2.48. The number of morpholine rings is 1. The quantitative estimate of drug-likeness (QED) is 0.485. The van der Waals surface area contributed by atoms with Gasteiger partial charge in [0.15, 0.2) is 0 Å². The number of ether oxygens (including phenoxy) is 2. The molecule has 3 N–H and O–H groups in total. The Morgan fingerprint density at radius 1 is 1.05 bits per heavy atom. The summed E-state index contributed by atoms with van der Waals surface area (Å²) in [5, 5.41) is 11.3. The Morgan fingerprint density at radius 2 is 1.58 bits per heavy atom. The van der Waals surface area contributed by atoms with Gasteiger partial charge in [0.25, 0.3) is 0 Å². The standard InChI is InChI=1S/C30H34F2N2O4/c1-29(2,3)38-28(36)34-19-30(21-10-6-4-7-11-21,22-12-8-5-9-13-22)37-18-26(34)27(35)25(33)16-20-14-23(31)17-24(32)15-20/h4-15,17,25-27,35H,16,18-19,33H2,1-3H3/t25-,26+,27-/m0/s1. The summed E-state index contributed by atoms with van der Waals surface area (Å²) in [6.07, 6.45) is -1.89. The highest BCUT2D eigenvalue weighted by atomic mass is 19.1. The van der Waals surface area contributed by atoms with Crippen molar-refractivity contribution in [3.63, 3.8) is 0 Å². The molecule has 4 rings (SSSR count). The van der Waals surface area contributed by atoms with Crippen molar-refractivity contribution in [2.24, 2.45) is 5.73 Å². The van der Waals surface area contributed by atoms with Gasteiger partial charge >= 0.3 is 6.09 Å². The monoisotopic (exact) mass is 524 g/mol. The molecular weight excluding hydrogens is 490 g/mol. The van der Waals surface area contributed by atoms with E-state index in [1.54, 1.807) is 20.8 Å². The minimum Gasteiger partial charge on any atom is -0.444 e. The Morgan fingerprint density at radius 3 is 2.08 bits per heavy atom. The lowest BCUT2D eigenvalue weighted by Gasteiger charge is -2.49. The fourth-order valence-electron chi connectivity index (χ4n) is 4.86. The van der Waals surface area contributed by atoms with Crippen LogP contribution in [-0.2, 0) is 21.5 Å². The van der Waals surface area contributed by atoms with E-state index in [4.69, 9.17) is 15.2 Å². The van der Waals surface area contributed by atoms with Gasteiger partial charge in [-0.25, -0.2) is 13.6 Å². The summed E-state index contributed by atoms with van der Waals surface area (Å²) in [6, 6.07) is 20.5. The molecule has 0 spiro atoms. The molecule has 1 fully saturated rings. The van der Waals surface area contributed by atoms with Crippen LogP contribution in [0.4, 0.5) is 13.6 Å². The lowest BCUT2D eigenvalue weighted by molar-refractivity contribution is -0.140. The summed E-state index contributed by atoms with van der Waals surface area (Å²) in [5.74, 6) is -1.46. The second kappa shape index (κ2) is 11.2. The number of carbonyl (C=O) groups excluding carboxylic acids is 1. The molecule has 1 aliphatic heterocycles. The zero-order chi connectivity index (χ0) is 27.5. The van der Waals surface area contributed by atoms with Gasteiger partial charge in [-0.1, -0.05) is 60.7 Å². The minimum absolute atomic E-state index is 0.00296. The van der Waals surface area contributed by atoms with Crippen molar-refractivity contribution < 1.29 is 28.2 Å². The lowest BCUT2D eigenvalue weighted by atomic mass is 9.83. The zero-order valence-corrected chi connectivity index (χ0v) is 21.8. The summed E-state index contributed by atoms with van der Waals surface area (Å²) in [6.45, 7) is 5.31. The topological polar surface area (TPSA) is 85.0 Å². The highest BCUT2D eigenvalue weighted by Crippen LogP contribution is 2.39. The van der Waals surface area contributed by atoms with Gasteiger partial charge in [0.05, 0.1) is 25.3 Å². The van der Waals surface area contributed by atoms with Gasteiger partial charge in [0.2, 0.25) is 0 Å². The Hall–Kier alpha value is -3.33. The maximum Gasteiger partial charge on any atom is 0.410 e. The number of benzene rings is 3. The van der Waals surface area contributed by atoms with E-state index in [1.165, 1.54) is 17.0 Å². The van der Waals surface area contributed by atoms with Crippen LogP contribution < -0.4 is 5.73 Å². The summed E-state index contributed by atoms with van der Waals surface area (Å²) >= 11 is 0. The number of nitrogens with zero attached hydrogens (tertiary/aromatic N) is 1. The molecular formula is C30H34F2N2O4. The number of nitrogens with two attached hydrogens (primary N) is 1. The molecule has 3 aromatic rings. The van der Waals surface area contributed by atoms with Crippen molar-refractivity contribution >= 4 is 6.09 Å². The zero-order valence-electron chi connectivity index (χ0n) is 21.8. The van der Waals surface area contributed by atoms with E-state index in [0.717, 1.165) is 17.2 Å². The first-order valence-corrected chi connectivity index (χ1v) is 12.6. The van der Waals surface area contributed by atoms with Crippen molar-refractivity contribution in [2.75, 3.05) is 13.2 Å². The maximum absolute atomic E-state index is 13.7. The minimum atomic E-state index is -1.27. The summed E-state index contributed by atoms with van der Waals surface area (Å²) in [4.78, 5) is 15.0. The fourth-order valence-corrected chi connectivity index (χ4v) is 4.86. The first-order chi connectivity index (χ1) is 18.0. The first-order valence-electron chi connectivity index (χ1n) is 12.6. The normalized spacial score (nSPS) is 19.0. The van der Waals surface area contributed by atoms with E-state index < -0.39 is 47.1 Å². The lowest BCUT2D eigenvalue weighted by Crippen LogP contribution is -2.64. The van der Waals surface area contributed by atoms with Gasteiger partial charge in [-0.05, 0) is 56.0 Å². The van der Waals surface area contributed by atoms with E-state index in [0.29, 0.717) is 5.56 Å². The SMILES string of the molecule is CC(C)(C)OC(=O)N1CC(c2ccccc2)(c2ccccc2)OC[C@@H]1[C@@H](O)[C@@H](N)Cc1cc(F)cc(F)c1. The van der Waals surface area contributed by atoms with Crippen LogP contribution in [-0.4, -0.2) is 53.0 Å². The number of amides is 1. The summed E-state index contributed by atoms with van der Waals surface area (Å²) < 4.78 is 39.7. The molecule has 0 saturated carbocycles. The van der Waals surface area contributed by atoms with Crippen molar-refractivity contribution in [3.05, 3.63) is 107 Å². The molecule has 0 unspecified atom stereocenters. The second-order valence-electron chi connectivity index (χ2n) is 10.7. The predicted octanol–water partition coefficient (Wildman–Crippen LogP) is 4.78. The number of carbonyl (C=O) groups is 1. The van der Waals surface area contributed by atoms with Crippen LogP contribution in [0.2, 0.25) is 0 Å². The van der Waals surface area contributed by atoms with E-state index in [2.05, 4.69) is 0 Å². The van der Waals surface area contributed by atoms with E-state index in [-0.39, 0.29) is 19.6 Å². The number of rotatable bonds is 6. The van der Waals surface area contributed by atoms with Gasteiger partial charge < -0.3 is 20.3 Å². The van der Waals surface area contributed by atoms with Crippen molar-refractivity contribution in [3.8, 4) is 0 Å². The number of hydrogen-bond acceptors (Lipinski definition) is 5. The third kappa shape index (κ3) is 6.20. The Labute approximate surface area is 222 Å². The highest BCUT2D eigenvalue weighted by molar-refractivity contribution is 5.69. The average molecular weight is 525 g/mol. The molecule has 1 saturated heterocycles. The molecule has 0 aromatic heterocycles. The van der Waals surface area contributed by atoms with Gasteiger partial charge in [-0.3, -0.25) is 4.90 Å². The first kappa shape index (κ1) is 27.7. The molecule has 3 atom stereocenters. The van der Waals surface area contributed by atoms with Gasteiger partial charge in [-0.15, -0.1) is 0 Å². The number of halogens is 2. The third-order valence-electron chi connectivity index (χ3n) is 6.63. The molecule has 0 aliphatic carbocycles. The fraction of sp³-hybridized carbons (Fsp3) is 0.367. The molecule has 3 aromatic carbocycles. The Kier molecular flexibility index (Phi) is 8.16. The molecule has 38 heavy (non-hydrogen) atoms. The molecule has 1 heterocycles. The summed E-state index contributed by atoms with van der Waals surface area (Å²) in [7, 11) is 0. The molecule has 1 amide bonds. The number of hydrogen-bond donors (Lipinski definition) is 2. The largest absolute Gasteiger partial charge is 0.444 e. The second-order valence-corrected chi connectivity index (χ2v) is 10.7. The average Bonchev–Trinajstić information content (AvgIpc) is 2.87. The molecule has 0 radical (unpaired) electrons. The molecule has 8 heteroatoms. The van der Waals surface area contributed by atoms with Crippen LogP contribution >= 0.6 is 0 Å². The van der Waals surface area contributed by atoms with E-state index in [1.807, 2.05) is 60.7 Å². The van der Waals surface area contributed by atoms with Crippen LogP contribution in [0.1, 0.15) is 37.5 Å². The van der Waals surface area contributed by atoms with Gasteiger partial charge in [0.1, 0.15) is 22.8 Å². The Bertz CT molecular complexity index is 1170. The maximum atomic E-state index is 13.7. The van der Waals surface area contributed by atoms with Crippen molar-refractivity contribution in [1.82, 2.24) is 4.90 Å².